The van der Waals surface area contributed by atoms with Crippen LogP contribution in [0.15, 0.2) is 42.5 Å². The second-order valence-electron chi connectivity index (χ2n) is 3.73. The number of ether oxygens (including phenoxy) is 1. The topological polar surface area (TPSA) is 46.5 Å². The molecule has 0 atom stereocenters. The molecule has 0 unspecified atom stereocenters. The molecular weight excluding hydrogens is 235 g/mol. The van der Waals surface area contributed by atoms with E-state index in [1.807, 2.05) is 0 Å². The standard InChI is InChI=1S/C14H11FO3/c1-18-11-5-6-13(15)12(8-11)9-3-2-4-10(7-9)14(16)17/h2-8H,1H3,(H,16,17). The smallest absolute Gasteiger partial charge is 0.335 e. The third-order valence-electron chi connectivity index (χ3n) is 2.59. The number of aromatic carboxylic acids is 1. The predicted molar refractivity (Wildman–Crippen MR) is 65.3 cm³/mol. The van der Waals surface area contributed by atoms with Crippen LogP contribution in [0, 0.1) is 5.82 Å². The summed E-state index contributed by atoms with van der Waals surface area (Å²) >= 11 is 0. The van der Waals surface area contributed by atoms with Crippen molar-refractivity contribution < 1.29 is 19.0 Å². The van der Waals surface area contributed by atoms with E-state index in [-0.39, 0.29) is 5.56 Å². The number of methoxy groups -OCH3 is 1. The zero-order valence-electron chi connectivity index (χ0n) is 9.68. The van der Waals surface area contributed by atoms with E-state index in [4.69, 9.17) is 9.84 Å². The molecule has 0 heterocycles. The predicted octanol–water partition coefficient (Wildman–Crippen LogP) is 3.20. The highest BCUT2D eigenvalue weighted by atomic mass is 19.1. The fourth-order valence-corrected chi connectivity index (χ4v) is 1.67. The van der Waals surface area contributed by atoms with Crippen molar-refractivity contribution in [1.29, 1.82) is 0 Å². The van der Waals surface area contributed by atoms with Gasteiger partial charge < -0.3 is 9.84 Å². The Kier molecular flexibility index (Phi) is 3.28. The molecule has 1 N–H and O–H groups in total. The Balaban J connectivity index is 2.54. The van der Waals surface area contributed by atoms with Crippen LogP contribution in [0.1, 0.15) is 10.4 Å². The molecule has 0 bridgehead atoms. The molecule has 3 nitrogen and oxygen atoms in total. The maximum Gasteiger partial charge on any atom is 0.335 e. The highest BCUT2D eigenvalue weighted by molar-refractivity contribution is 5.89. The van der Waals surface area contributed by atoms with Gasteiger partial charge in [0, 0.05) is 5.56 Å². The van der Waals surface area contributed by atoms with Gasteiger partial charge in [-0.25, -0.2) is 9.18 Å². The van der Waals surface area contributed by atoms with Gasteiger partial charge in [0.25, 0.3) is 0 Å². The summed E-state index contributed by atoms with van der Waals surface area (Å²) in [5.74, 6) is -0.939. The van der Waals surface area contributed by atoms with Gasteiger partial charge in [0.15, 0.2) is 0 Å². The van der Waals surface area contributed by atoms with Crippen LogP contribution in [0.4, 0.5) is 4.39 Å². The van der Waals surface area contributed by atoms with Crippen LogP contribution in [-0.2, 0) is 0 Å². The van der Waals surface area contributed by atoms with Gasteiger partial charge in [0.1, 0.15) is 11.6 Å². The number of benzene rings is 2. The summed E-state index contributed by atoms with van der Waals surface area (Å²) in [4.78, 5) is 10.9. The summed E-state index contributed by atoms with van der Waals surface area (Å²) in [5, 5.41) is 8.91. The molecule has 0 spiro atoms. The summed E-state index contributed by atoms with van der Waals surface area (Å²) in [7, 11) is 1.49. The lowest BCUT2D eigenvalue weighted by Gasteiger charge is -2.07. The van der Waals surface area contributed by atoms with Gasteiger partial charge in [-0.05, 0) is 35.9 Å². The van der Waals surface area contributed by atoms with Crippen LogP contribution < -0.4 is 4.74 Å². The van der Waals surface area contributed by atoms with E-state index in [9.17, 15) is 9.18 Å². The molecule has 0 aliphatic heterocycles. The number of halogens is 1. The van der Waals surface area contributed by atoms with Crippen LogP contribution in [0.3, 0.4) is 0 Å². The molecule has 2 aromatic rings. The van der Waals surface area contributed by atoms with Crippen molar-refractivity contribution in [2.75, 3.05) is 7.11 Å². The lowest BCUT2D eigenvalue weighted by Crippen LogP contribution is -1.96. The van der Waals surface area contributed by atoms with Gasteiger partial charge in [-0.3, -0.25) is 0 Å². The van der Waals surface area contributed by atoms with Crippen LogP contribution in [0.5, 0.6) is 5.75 Å². The number of rotatable bonds is 3. The fourth-order valence-electron chi connectivity index (χ4n) is 1.67. The number of carboxylic acids is 1. The summed E-state index contributed by atoms with van der Waals surface area (Å²) in [6, 6.07) is 10.5. The first-order valence-electron chi connectivity index (χ1n) is 5.29. The molecule has 0 amide bonds. The van der Waals surface area contributed by atoms with Gasteiger partial charge in [-0.2, -0.15) is 0 Å². The van der Waals surface area contributed by atoms with E-state index in [1.165, 1.54) is 37.4 Å². The SMILES string of the molecule is COc1ccc(F)c(-c2cccc(C(=O)O)c2)c1. The minimum absolute atomic E-state index is 0.120. The zero-order valence-corrected chi connectivity index (χ0v) is 9.68. The first kappa shape index (κ1) is 12.1. The Morgan fingerprint density at radius 2 is 2.00 bits per heavy atom. The van der Waals surface area contributed by atoms with Gasteiger partial charge in [-0.1, -0.05) is 12.1 Å². The van der Waals surface area contributed by atoms with Crippen molar-refractivity contribution in [3.8, 4) is 16.9 Å². The molecule has 92 valence electrons. The quantitative estimate of drug-likeness (QED) is 0.904. The molecule has 2 aromatic carbocycles. The van der Waals surface area contributed by atoms with Crippen molar-refractivity contribution in [3.63, 3.8) is 0 Å². The molecule has 4 heteroatoms. The maximum atomic E-state index is 13.7. The highest BCUT2D eigenvalue weighted by Gasteiger charge is 2.09. The Bertz CT molecular complexity index is 593. The van der Waals surface area contributed by atoms with Crippen LogP contribution in [0.25, 0.3) is 11.1 Å². The Labute approximate surface area is 103 Å². The second-order valence-corrected chi connectivity index (χ2v) is 3.73. The molecular formula is C14H11FO3. The lowest BCUT2D eigenvalue weighted by atomic mass is 10.0. The van der Waals surface area contributed by atoms with Crippen molar-refractivity contribution in [3.05, 3.63) is 53.8 Å². The van der Waals surface area contributed by atoms with Gasteiger partial charge in [0.05, 0.1) is 12.7 Å². The van der Waals surface area contributed by atoms with Crippen molar-refractivity contribution in [1.82, 2.24) is 0 Å². The Hall–Kier alpha value is -2.36. The van der Waals surface area contributed by atoms with E-state index in [0.717, 1.165) is 0 Å². The third-order valence-corrected chi connectivity index (χ3v) is 2.59. The molecule has 18 heavy (non-hydrogen) atoms. The summed E-state index contributed by atoms with van der Waals surface area (Å²) in [6.45, 7) is 0. The first-order valence-corrected chi connectivity index (χ1v) is 5.29. The maximum absolute atomic E-state index is 13.7. The first-order chi connectivity index (χ1) is 8.61. The minimum atomic E-state index is -1.04. The summed E-state index contributed by atoms with van der Waals surface area (Å²) in [6.07, 6.45) is 0. The van der Waals surface area contributed by atoms with Crippen molar-refractivity contribution >= 4 is 5.97 Å². The van der Waals surface area contributed by atoms with E-state index in [1.54, 1.807) is 12.1 Å². The molecule has 0 aliphatic carbocycles. The fraction of sp³-hybridized carbons (Fsp3) is 0.0714. The number of carboxylic acid groups (broad SMARTS) is 1. The normalized spacial score (nSPS) is 10.1. The number of hydrogen-bond donors (Lipinski definition) is 1. The molecule has 0 radical (unpaired) electrons. The van der Waals surface area contributed by atoms with Crippen molar-refractivity contribution in [2.24, 2.45) is 0 Å². The van der Waals surface area contributed by atoms with Crippen LogP contribution in [-0.4, -0.2) is 18.2 Å². The van der Waals surface area contributed by atoms with Crippen LogP contribution >= 0.6 is 0 Å². The largest absolute Gasteiger partial charge is 0.497 e. The third kappa shape index (κ3) is 2.32. The van der Waals surface area contributed by atoms with E-state index < -0.39 is 11.8 Å². The molecule has 2 rings (SSSR count). The second kappa shape index (κ2) is 4.87. The van der Waals surface area contributed by atoms with E-state index in [0.29, 0.717) is 16.9 Å². The summed E-state index contributed by atoms with van der Waals surface area (Å²) < 4.78 is 18.7. The zero-order chi connectivity index (χ0) is 13.1. The molecule has 0 fully saturated rings. The highest BCUT2D eigenvalue weighted by Crippen LogP contribution is 2.27. The van der Waals surface area contributed by atoms with Gasteiger partial charge in [0.2, 0.25) is 0 Å². The number of hydrogen-bond acceptors (Lipinski definition) is 2. The van der Waals surface area contributed by atoms with Crippen molar-refractivity contribution in [2.45, 2.75) is 0 Å². The Morgan fingerprint density at radius 3 is 2.67 bits per heavy atom. The molecule has 0 saturated heterocycles. The molecule has 0 aliphatic rings. The average Bonchev–Trinajstić information content (AvgIpc) is 2.39. The number of carbonyl (C=O) groups is 1. The Morgan fingerprint density at radius 1 is 1.22 bits per heavy atom. The lowest BCUT2D eigenvalue weighted by molar-refractivity contribution is 0.0697. The summed E-state index contributed by atoms with van der Waals surface area (Å²) in [5.41, 5.74) is 0.943. The average molecular weight is 246 g/mol. The molecule has 0 aromatic heterocycles. The van der Waals surface area contributed by atoms with E-state index in [2.05, 4.69) is 0 Å². The minimum Gasteiger partial charge on any atom is -0.497 e. The van der Waals surface area contributed by atoms with Crippen LogP contribution in [0.2, 0.25) is 0 Å². The van der Waals surface area contributed by atoms with Gasteiger partial charge >= 0.3 is 5.97 Å². The van der Waals surface area contributed by atoms with E-state index >= 15 is 0 Å². The van der Waals surface area contributed by atoms with Gasteiger partial charge in [-0.15, -0.1) is 0 Å². The monoisotopic (exact) mass is 246 g/mol. The molecule has 0 saturated carbocycles.